The maximum Gasteiger partial charge on any atom is 0.416 e. The Morgan fingerprint density at radius 1 is 1.21 bits per heavy atom. The Balaban J connectivity index is 2.89. The van der Waals surface area contributed by atoms with Crippen molar-refractivity contribution in [2.24, 2.45) is 5.84 Å². The molecular weight excluding hydrogens is 257 g/mol. The van der Waals surface area contributed by atoms with Crippen LogP contribution in [0.1, 0.15) is 37.4 Å². The van der Waals surface area contributed by atoms with Crippen molar-refractivity contribution in [1.82, 2.24) is 5.43 Å². The molecule has 0 spiro atoms. The van der Waals surface area contributed by atoms with E-state index in [0.717, 1.165) is 12.1 Å². The first-order valence-corrected chi connectivity index (χ1v) is 5.88. The third-order valence-corrected chi connectivity index (χ3v) is 3.09. The predicted octanol–water partition coefficient (Wildman–Crippen LogP) is 3.02. The molecule has 108 valence electrons. The molecule has 6 heteroatoms. The standard InChI is InChI=1S/C13H19F3N2O/c1-12(2,19-3)8-11(18-17)9-4-6-10(7-5-9)13(14,15)16/h4-7,11,18H,8,17H2,1-3H3. The summed E-state index contributed by atoms with van der Waals surface area (Å²) in [6.45, 7) is 3.78. The lowest BCUT2D eigenvalue weighted by Crippen LogP contribution is -2.35. The fraction of sp³-hybridized carbons (Fsp3) is 0.538. The molecule has 1 aromatic rings. The Labute approximate surface area is 110 Å². The van der Waals surface area contributed by atoms with Gasteiger partial charge >= 0.3 is 6.18 Å². The summed E-state index contributed by atoms with van der Waals surface area (Å²) in [6.07, 6.45) is -3.78. The highest BCUT2D eigenvalue weighted by molar-refractivity contribution is 5.27. The summed E-state index contributed by atoms with van der Waals surface area (Å²) in [6, 6.07) is 4.70. The summed E-state index contributed by atoms with van der Waals surface area (Å²) in [7, 11) is 1.58. The second-order valence-electron chi connectivity index (χ2n) is 5.01. The molecular formula is C13H19F3N2O. The first kappa shape index (κ1) is 15.9. The van der Waals surface area contributed by atoms with Crippen LogP contribution in [0.5, 0.6) is 0 Å². The second-order valence-corrected chi connectivity index (χ2v) is 5.01. The molecule has 1 atom stereocenters. The van der Waals surface area contributed by atoms with E-state index < -0.39 is 17.3 Å². The number of halogens is 3. The van der Waals surface area contributed by atoms with Gasteiger partial charge in [-0.3, -0.25) is 11.3 Å². The predicted molar refractivity (Wildman–Crippen MR) is 67.2 cm³/mol. The van der Waals surface area contributed by atoms with Crippen LogP contribution in [-0.4, -0.2) is 12.7 Å². The number of alkyl halides is 3. The lowest BCUT2D eigenvalue weighted by molar-refractivity contribution is -0.137. The molecule has 3 N–H and O–H groups in total. The minimum Gasteiger partial charge on any atom is -0.379 e. The van der Waals surface area contributed by atoms with Crippen LogP contribution in [0.4, 0.5) is 13.2 Å². The zero-order valence-electron chi connectivity index (χ0n) is 11.2. The van der Waals surface area contributed by atoms with E-state index in [4.69, 9.17) is 10.6 Å². The summed E-state index contributed by atoms with van der Waals surface area (Å²) < 4.78 is 42.7. The van der Waals surface area contributed by atoms with E-state index in [2.05, 4.69) is 5.43 Å². The number of benzene rings is 1. The van der Waals surface area contributed by atoms with E-state index in [1.54, 1.807) is 7.11 Å². The van der Waals surface area contributed by atoms with Gasteiger partial charge in [0.15, 0.2) is 0 Å². The summed E-state index contributed by atoms with van der Waals surface area (Å²) >= 11 is 0. The van der Waals surface area contributed by atoms with Crippen LogP contribution in [0.15, 0.2) is 24.3 Å². The normalized spacial score (nSPS) is 14.5. The summed E-state index contributed by atoms with van der Waals surface area (Å²) in [5.74, 6) is 5.46. The van der Waals surface area contributed by atoms with Crippen LogP contribution in [0.25, 0.3) is 0 Å². The van der Waals surface area contributed by atoms with Gasteiger partial charge in [-0.05, 0) is 38.0 Å². The number of methoxy groups -OCH3 is 1. The Morgan fingerprint density at radius 3 is 2.11 bits per heavy atom. The van der Waals surface area contributed by atoms with Gasteiger partial charge < -0.3 is 4.74 Å². The monoisotopic (exact) mass is 276 g/mol. The van der Waals surface area contributed by atoms with Gasteiger partial charge in [-0.15, -0.1) is 0 Å². The van der Waals surface area contributed by atoms with Crippen LogP contribution in [0.3, 0.4) is 0 Å². The Hall–Kier alpha value is -1.11. The zero-order valence-corrected chi connectivity index (χ0v) is 11.2. The molecule has 0 aliphatic heterocycles. The molecule has 0 aliphatic carbocycles. The van der Waals surface area contributed by atoms with Gasteiger partial charge in [0, 0.05) is 13.2 Å². The highest BCUT2D eigenvalue weighted by Crippen LogP contribution is 2.31. The van der Waals surface area contributed by atoms with Crippen molar-refractivity contribution in [2.75, 3.05) is 7.11 Å². The molecule has 1 rings (SSSR count). The number of ether oxygens (including phenoxy) is 1. The molecule has 1 aromatic carbocycles. The van der Waals surface area contributed by atoms with Crippen molar-refractivity contribution in [3.05, 3.63) is 35.4 Å². The first-order valence-electron chi connectivity index (χ1n) is 5.88. The zero-order chi connectivity index (χ0) is 14.7. The Bertz CT molecular complexity index is 401. The van der Waals surface area contributed by atoms with Gasteiger partial charge in [0.2, 0.25) is 0 Å². The number of hydrogen-bond acceptors (Lipinski definition) is 3. The second kappa shape index (κ2) is 5.90. The Kier molecular flexibility index (Phi) is 4.95. The van der Waals surface area contributed by atoms with E-state index in [1.807, 2.05) is 13.8 Å². The number of nitrogens with one attached hydrogen (secondary N) is 1. The molecule has 19 heavy (non-hydrogen) atoms. The molecule has 0 radical (unpaired) electrons. The average Bonchev–Trinajstić information content (AvgIpc) is 2.35. The molecule has 0 aromatic heterocycles. The van der Waals surface area contributed by atoms with Crippen LogP contribution >= 0.6 is 0 Å². The minimum atomic E-state index is -4.32. The van der Waals surface area contributed by atoms with Gasteiger partial charge in [-0.1, -0.05) is 12.1 Å². The SMILES string of the molecule is COC(C)(C)CC(NN)c1ccc(C(F)(F)F)cc1. The van der Waals surface area contributed by atoms with Crippen molar-refractivity contribution in [3.8, 4) is 0 Å². The highest BCUT2D eigenvalue weighted by Gasteiger charge is 2.30. The maximum atomic E-state index is 12.5. The van der Waals surface area contributed by atoms with Gasteiger partial charge in [-0.25, -0.2) is 0 Å². The Morgan fingerprint density at radius 2 is 1.74 bits per heavy atom. The summed E-state index contributed by atoms with van der Waals surface area (Å²) in [4.78, 5) is 0. The van der Waals surface area contributed by atoms with Crippen molar-refractivity contribution in [3.63, 3.8) is 0 Å². The van der Waals surface area contributed by atoms with Crippen LogP contribution in [-0.2, 0) is 10.9 Å². The van der Waals surface area contributed by atoms with E-state index >= 15 is 0 Å². The minimum absolute atomic E-state index is 0.266. The quantitative estimate of drug-likeness (QED) is 0.642. The molecule has 0 saturated heterocycles. The lowest BCUT2D eigenvalue weighted by Gasteiger charge is -2.28. The van der Waals surface area contributed by atoms with Crippen molar-refractivity contribution >= 4 is 0 Å². The topological polar surface area (TPSA) is 47.3 Å². The largest absolute Gasteiger partial charge is 0.416 e. The van der Waals surface area contributed by atoms with Crippen molar-refractivity contribution in [1.29, 1.82) is 0 Å². The fourth-order valence-corrected chi connectivity index (χ4v) is 1.75. The smallest absolute Gasteiger partial charge is 0.379 e. The van der Waals surface area contributed by atoms with E-state index in [-0.39, 0.29) is 6.04 Å². The molecule has 3 nitrogen and oxygen atoms in total. The third-order valence-electron chi connectivity index (χ3n) is 3.09. The molecule has 0 bridgehead atoms. The number of rotatable bonds is 5. The van der Waals surface area contributed by atoms with Gasteiger partial charge in [0.05, 0.1) is 11.2 Å². The number of hydrogen-bond donors (Lipinski definition) is 2. The average molecular weight is 276 g/mol. The summed E-state index contributed by atoms with van der Waals surface area (Å²) in [5, 5.41) is 0. The maximum absolute atomic E-state index is 12.5. The molecule has 0 saturated carbocycles. The third kappa shape index (κ3) is 4.49. The number of hydrazine groups is 1. The van der Waals surface area contributed by atoms with Gasteiger partial charge in [0.1, 0.15) is 0 Å². The van der Waals surface area contributed by atoms with Gasteiger partial charge in [-0.2, -0.15) is 13.2 Å². The van der Waals surface area contributed by atoms with E-state index in [1.165, 1.54) is 12.1 Å². The van der Waals surface area contributed by atoms with Crippen LogP contribution in [0, 0.1) is 0 Å². The van der Waals surface area contributed by atoms with E-state index in [0.29, 0.717) is 12.0 Å². The van der Waals surface area contributed by atoms with Crippen LogP contribution in [0.2, 0.25) is 0 Å². The fourth-order valence-electron chi connectivity index (χ4n) is 1.75. The molecule has 0 amide bonds. The van der Waals surface area contributed by atoms with E-state index in [9.17, 15) is 13.2 Å². The molecule has 0 aliphatic rings. The highest BCUT2D eigenvalue weighted by atomic mass is 19.4. The number of nitrogens with two attached hydrogens (primary N) is 1. The summed E-state index contributed by atoms with van der Waals surface area (Å²) in [5.41, 5.74) is 2.22. The molecule has 1 unspecified atom stereocenters. The van der Waals surface area contributed by atoms with Crippen molar-refractivity contribution < 1.29 is 17.9 Å². The molecule has 0 fully saturated rings. The van der Waals surface area contributed by atoms with Gasteiger partial charge in [0.25, 0.3) is 0 Å². The first-order chi connectivity index (χ1) is 8.69. The van der Waals surface area contributed by atoms with Crippen LogP contribution < -0.4 is 11.3 Å². The van der Waals surface area contributed by atoms with Crippen molar-refractivity contribution in [2.45, 2.75) is 38.1 Å². The lowest BCUT2D eigenvalue weighted by atomic mass is 9.93. The molecule has 0 heterocycles.